The van der Waals surface area contributed by atoms with Crippen molar-refractivity contribution in [2.75, 3.05) is 33.4 Å². The fourth-order valence-electron chi connectivity index (χ4n) is 4.67. The zero-order chi connectivity index (χ0) is 29.7. The first-order valence-corrected chi connectivity index (χ1v) is 13.7. The van der Waals surface area contributed by atoms with E-state index in [-0.39, 0.29) is 25.0 Å². The minimum Gasteiger partial charge on any atom is -0.493 e. The summed E-state index contributed by atoms with van der Waals surface area (Å²) in [6.45, 7) is 11.1. The topological polar surface area (TPSA) is 121 Å². The zero-order valence-corrected chi connectivity index (χ0v) is 24.6. The Hall–Kier alpha value is -3.50. The van der Waals surface area contributed by atoms with Gasteiger partial charge in [0.05, 0.1) is 7.11 Å². The van der Waals surface area contributed by atoms with Crippen molar-refractivity contribution in [1.82, 2.24) is 9.80 Å². The van der Waals surface area contributed by atoms with E-state index in [0.717, 1.165) is 0 Å². The SMILES string of the molecule is COc1cc(OCC(=O)N2CCC[C@@H]2C(=O)OC(C)(C)C)ccc1OCC(=O)N1CCC[C@@H]1C(=O)OC(C)(C)C. The summed E-state index contributed by atoms with van der Waals surface area (Å²) >= 11 is 0. The molecule has 2 fully saturated rings. The lowest BCUT2D eigenvalue weighted by Crippen LogP contribution is -2.45. The third kappa shape index (κ3) is 8.50. The van der Waals surface area contributed by atoms with Gasteiger partial charge < -0.3 is 33.5 Å². The number of hydrogen-bond acceptors (Lipinski definition) is 9. The van der Waals surface area contributed by atoms with E-state index in [4.69, 9.17) is 23.7 Å². The largest absolute Gasteiger partial charge is 0.493 e. The van der Waals surface area contributed by atoms with Crippen molar-refractivity contribution in [3.63, 3.8) is 0 Å². The highest BCUT2D eigenvalue weighted by atomic mass is 16.6. The summed E-state index contributed by atoms with van der Waals surface area (Å²) in [5.74, 6) is -0.486. The van der Waals surface area contributed by atoms with Crippen molar-refractivity contribution < 1.29 is 42.9 Å². The van der Waals surface area contributed by atoms with E-state index in [1.165, 1.54) is 16.9 Å². The lowest BCUT2D eigenvalue weighted by molar-refractivity contribution is -0.164. The molecule has 0 aliphatic carbocycles. The number of esters is 2. The van der Waals surface area contributed by atoms with Gasteiger partial charge in [-0.2, -0.15) is 0 Å². The van der Waals surface area contributed by atoms with Crippen molar-refractivity contribution in [1.29, 1.82) is 0 Å². The molecule has 1 aromatic carbocycles. The fourth-order valence-corrected chi connectivity index (χ4v) is 4.67. The average Bonchev–Trinajstić information content (AvgIpc) is 3.54. The summed E-state index contributed by atoms with van der Waals surface area (Å²) in [6.07, 6.45) is 2.52. The summed E-state index contributed by atoms with van der Waals surface area (Å²) in [4.78, 5) is 53.8. The van der Waals surface area contributed by atoms with Gasteiger partial charge in [-0.15, -0.1) is 0 Å². The number of methoxy groups -OCH3 is 1. The molecule has 0 saturated carbocycles. The molecule has 2 heterocycles. The summed E-state index contributed by atoms with van der Waals surface area (Å²) in [7, 11) is 1.45. The zero-order valence-electron chi connectivity index (χ0n) is 24.6. The number of carbonyl (C=O) groups excluding carboxylic acids is 4. The van der Waals surface area contributed by atoms with Crippen LogP contribution in [0.3, 0.4) is 0 Å². The highest BCUT2D eigenvalue weighted by molar-refractivity contribution is 5.87. The second-order valence-electron chi connectivity index (χ2n) is 11.9. The van der Waals surface area contributed by atoms with Gasteiger partial charge in [-0.3, -0.25) is 9.59 Å². The van der Waals surface area contributed by atoms with Gasteiger partial charge in [0.1, 0.15) is 29.0 Å². The Morgan fingerprint density at radius 1 is 0.750 bits per heavy atom. The molecule has 0 aromatic heterocycles. The number of carbonyl (C=O) groups is 4. The van der Waals surface area contributed by atoms with Crippen LogP contribution in [0.5, 0.6) is 17.2 Å². The van der Waals surface area contributed by atoms with Crippen molar-refractivity contribution in [3.05, 3.63) is 18.2 Å². The normalized spacial score (nSPS) is 19.3. The van der Waals surface area contributed by atoms with Crippen molar-refractivity contribution in [2.24, 2.45) is 0 Å². The molecule has 2 aliphatic heterocycles. The van der Waals surface area contributed by atoms with Gasteiger partial charge in [0.15, 0.2) is 24.7 Å². The third-order valence-corrected chi connectivity index (χ3v) is 6.35. The Morgan fingerprint density at radius 3 is 1.68 bits per heavy atom. The van der Waals surface area contributed by atoms with Gasteiger partial charge in [0.2, 0.25) is 0 Å². The smallest absolute Gasteiger partial charge is 0.329 e. The van der Waals surface area contributed by atoms with Gasteiger partial charge in [0.25, 0.3) is 11.8 Å². The molecule has 1 aromatic rings. The molecule has 11 nitrogen and oxygen atoms in total. The Morgan fingerprint density at radius 2 is 1.23 bits per heavy atom. The summed E-state index contributed by atoms with van der Waals surface area (Å²) < 4.78 is 27.7. The van der Waals surface area contributed by atoms with E-state index in [1.807, 2.05) is 0 Å². The quantitative estimate of drug-likeness (QED) is 0.418. The Bertz CT molecular complexity index is 1090. The predicted octanol–water partition coefficient (Wildman–Crippen LogP) is 3.12. The van der Waals surface area contributed by atoms with Gasteiger partial charge in [-0.25, -0.2) is 9.59 Å². The second kappa shape index (κ2) is 12.8. The molecule has 2 saturated heterocycles. The minimum atomic E-state index is -0.638. The maximum Gasteiger partial charge on any atom is 0.329 e. The molecular formula is C29H42N2O9. The predicted molar refractivity (Wildman–Crippen MR) is 145 cm³/mol. The summed E-state index contributed by atoms with van der Waals surface area (Å²) in [5, 5.41) is 0. The molecule has 0 unspecified atom stereocenters. The van der Waals surface area contributed by atoms with Gasteiger partial charge in [0, 0.05) is 19.2 Å². The van der Waals surface area contributed by atoms with E-state index < -0.39 is 35.2 Å². The molecular weight excluding hydrogens is 520 g/mol. The Labute approximate surface area is 236 Å². The number of amides is 2. The lowest BCUT2D eigenvalue weighted by atomic mass is 10.1. The average molecular weight is 563 g/mol. The van der Waals surface area contributed by atoms with Crippen LogP contribution in [0.2, 0.25) is 0 Å². The van der Waals surface area contributed by atoms with E-state index in [0.29, 0.717) is 56.0 Å². The number of hydrogen-bond donors (Lipinski definition) is 0. The highest BCUT2D eigenvalue weighted by Crippen LogP contribution is 2.32. The van der Waals surface area contributed by atoms with Crippen LogP contribution in [0.25, 0.3) is 0 Å². The standard InChI is InChI=1S/C29H42N2O9/c1-28(2,3)39-26(34)20-10-8-14-30(20)24(32)17-37-19-12-13-22(23(16-19)36-7)38-18-25(33)31-15-9-11-21(31)27(35)40-29(4,5)6/h12-13,16,20-21H,8-11,14-15,17-18H2,1-7H3/t20-,21-/m1/s1. The Kier molecular flexibility index (Phi) is 9.92. The molecule has 222 valence electrons. The summed E-state index contributed by atoms with van der Waals surface area (Å²) in [6, 6.07) is 3.49. The van der Waals surface area contributed by atoms with Crippen LogP contribution in [0.15, 0.2) is 18.2 Å². The van der Waals surface area contributed by atoms with Crippen LogP contribution >= 0.6 is 0 Å². The van der Waals surface area contributed by atoms with Crippen LogP contribution < -0.4 is 14.2 Å². The maximum atomic E-state index is 12.9. The molecule has 2 atom stereocenters. The van der Waals surface area contributed by atoms with Gasteiger partial charge in [-0.1, -0.05) is 0 Å². The number of ether oxygens (including phenoxy) is 5. The minimum absolute atomic E-state index is 0.262. The first-order chi connectivity index (χ1) is 18.7. The fraction of sp³-hybridized carbons (Fsp3) is 0.655. The molecule has 40 heavy (non-hydrogen) atoms. The first kappa shape index (κ1) is 31.0. The molecule has 3 rings (SSSR count). The van der Waals surface area contributed by atoms with Crippen LogP contribution in [-0.4, -0.2) is 90.3 Å². The third-order valence-electron chi connectivity index (χ3n) is 6.35. The number of nitrogens with zero attached hydrogens (tertiary/aromatic N) is 2. The van der Waals surface area contributed by atoms with E-state index in [1.54, 1.807) is 59.7 Å². The molecule has 2 amide bonds. The van der Waals surface area contributed by atoms with Crippen LogP contribution in [0.4, 0.5) is 0 Å². The van der Waals surface area contributed by atoms with E-state index in [9.17, 15) is 19.2 Å². The molecule has 0 bridgehead atoms. The number of likely N-dealkylation sites (tertiary alicyclic amines) is 2. The summed E-state index contributed by atoms with van der Waals surface area (Å²) in [5.41, 5.74) is -1.27. The van der Waals surface area contributed by atoms with Gasteiger partial charge >= 0.3 is 11.9 Å². The van der Waals surface area contributed by atoms with E-state index in [2.05, 4.69) is 0 Å². The monoisotopic (exact) mass is 562 g/mol. The second-order valence-corrected chi connectivity index (χ2v) is 11.9. The maximum absolute atomic E-state index is 12.9. The molecule has 0 spiro atoms. The molecule has 0 N–H and O–H groups in total. The van der Waals surface area contributed by atoms with Gasteiger partial charge in [-0.05, 0) is 79.4 Å². The van der Waals surface area contributed by atoms with Crippen LogP contribution in [-0.2, 0) is 28.7 Å². The highest BCUT2D eigenvalue weighted by Gasteiger charge is 2.38. The Balaban J connectivity index is 1.55. The first-order valence-electron chi connectivity index (χ1n) is 13.7. The van der Waals surface area contributed by atoms with Crippen molar-refractivity contribution >= 4 is 23.8 Å². The van der Waals surface area contributed by atoms with Crippen LogP contribution in [0.1, 0.15) is 67.2 Å². The van der Waals surface area contributed by atoms with Crippen molar-refractivity contribution in [2.45, 2.75) is 90.5 Å². The van der Waals surface area contributed by atoms with Crippen LogP contribution in [0, 0.1) is 0 Å². The van der Waals surface area contributed by atoms with Crippen molar-refractivity contribution in [3.8, 4) is 17.2 Å². The lowest BCUT2D eigenvalue weighted by Gasteiger charge is -2.27. The number of rotatable bonds is 9. The molecule has 11 heteroatoms. The van der Waals surface area contributed by atoms with E-state index >= 15 is 0 Å². The molecule has 2 aliphatic rings. The number of benzene rings is 1. The molecule has 0 radical (unpaired) electrons.